The van der Waals surface area contributed by atoms with Crippen LogP contribution in [0.4, 0.5) is 0 Å². The predicted molar refractivity (Wildman–Crippen MR) is 92.8 cm³/mol. The van der Waals surface area contributed by atoms with E-state index in [0.717, 1.165) is 25.8 Å². The van der Waals surface area contributed by atoms with Crippen molar-refractivity contribution < 1.29 is 14.7 Å². The number of carbonyl (C=O) groups excluding carboxylic acids is 1. The maximum Gasteiger partial charge on any atom is 0.306 e. The Morgan fingerprint density at radius 2 is 1.83 bits per heavy atom. The first-order valence-corrected chi connectivity index (χ1v) is 9.06. The quantitative estimate of drug-likeness (QED) is 0.922. The Bertz CT molecular complexity index is 627. The van der Waals surface area contributed by atoms with Crippen molar-refractivity contribution in [3.05, 3.63) is 35.4 Å². The van der Waals surface area contributed by atoms with E-state index in [-0.39, 0.29) is 23.8 Å². The van der Waals surface area contributed by atoms with Gasteiger partial charge in [0, 0.05) is 24.4 Å². The average molecular weight is 329 g/mol. The lowest BCUT2D eigenvalue weighted by Gasteiger charge is -2.31. The molecule has 1 aliphatic heterocycles. The Balaban J connectivity index is 1.70. The van der Waals surface area contributed by atoms with Gasteiger partial charge < -0.3 is 10.0 Å². The molecule has 1 heterocycles. The summed E-state index contributed by atoms with van der Waals surface area (Å²) in [4.78, 5) is 26.2. The Hall–Kier alpha value is -1.84. The zero-order valence-electron chi connectivity index (χ0n) is 14.6. The van der Waals surface area contributed by atoms with Crippen LogP contribution in [0.25, 0.3) is 0 Å². The first-order chi connectivity index (χ1) is 11.5. The molecule has 1 aromatic rings. The van der Waals surface area contributed by atoms with E-state index < -0.39 is 5.97 Å². The van der Waals surface area contributed by atoms with Crippen molar-refractivity contribution in [2.24, 2.45) is 11.8 Å². The first-order valence-electron chi connectivity index (χ1n) is 9.06. The number of hydrogen-bond donors (Lipinski definition) is 1. The van der Waals surface area contributed by atoms with Gasteiger partial charge in [-0.3, -0.25) is 9.59 Å². The summed E-state index contributed by atoms with van der Waals surface area (Å²) in [5.41, 5.74) is 2.62. The number of carboxylic acids is 1. The SMILES string of the molecule is Cc1ccccc1C1CC(C)N(C(=O)C2CCCC(C(=O)O)C2)C1. The van der Waals surface area contributed by atoms with Crippen LogP contribution in [-0.4, -0.2) is 34.5 Å². The molecule has 1 aliphatic carbocycles. The number of carboxylic acid groups (broad SMARTS) is 1. The van der Waals surface area contributed by atoms with Gasteiger partial charge in [-0.2, -0.15) is 0 Å². The molecule has 1 N–H and O–H groups in total. The average Bonchev–Trinajstić information content (AvgIpc) is 2.96. The molecule has 4 nitrogen and oxygen atoms in total. The van der Waals surface area contributed by atoms with Crippen LogP contribution in [0.5, 0.6) is 0 Å². The fraction of sp³-hybridized carbons (Fsp3) is 0.600. The number of likely N-dealkylation sites (tertiary alicyclic amines) is 1. The van der Waals surface area contributed by atoms with E-state index in [9.17, 15) is 14.7 Å². The molecule has 0 bridgehead atoms. The molecule has 24 heavy (non-hydrogen) atoms. The molecule has 2 fully saturated rings. The Morgan fingerprint density at radius 3 is 2.54 bits per heavy atom. The summed E-state index contributed by atoms with van der Waals surface area (Å²) in [5.74, 6) is -0.649. The van der Waals surface area contributed by atoms with Crippen LogP contribution in [0.3, 0.4) is 0 Å². The van der Waals surface area contributed by atoms with E-state index in [1.165, 1.54) is 11.1 Å². The summed E-state index contributed by atoms with van der Waals surface area (Å²) in [6.07, 6.45) is 3.89. The van der Waals surface area contributed by atoms with Crippen molar-refractivity contribution in [2.45, 2.75) is 57.9 Å². The van der Waals surface area contributed by atoms with Gasteiger partial charge in [0.2, 0.25) is 5.91 Å². The van der Waals surface area contributed by atoms with Crippen molar-refractivity contribution in [1.29, 1.82) is 0 Å². The van der Waals surface area contributed by atoms with Gasteiger partial charge in [0.05, 0.1) is 5.92 Å². The molecule has 2 aliphatic rings. The fourth-order valence-corrected chi connectivity index (χ4v) is 4.48. The number of amides is 1. The minimum Gasteiger partial charge on any atom is -0.481 e. The minimum absolute atomic E-state index is 0.113. The van der Waals surface area contributed by atoms with E-state index >= 15 is 0 Å². The standard InChI is InChI=1S/C20H27NO3/c1-13-6-3-4-9-18(13)17-10-14(2)21(12-17)19(22)15-7-5-8-16(11-15)20(23)24/h3-4,6,9,14-17H,5,7-8,10-12H2,1-2H3,(H,23,24). The molecule has 4 heteroatoms. The lowest BCUT2D eigenvalue weighted by Crippen LogP contribution is -2.41. The van der Waals surface area contributed by atoms with Crippen molar-refractivity contribution in [3.8, 4) is 0 Å². The van der Waals surface area contributed by atoms with Crippen LogP contribution in [-0.2, 0) is 9.59 Å². The summed E-state index contributed by atoms with van der Waals surface area (Å²) in [6.45, 7) is 5.01. The van der Waals surface area contributed by atoms with Gasteiger partial charge in [-0.05, 0) is 50.7 Å². The summed E-state index contributed by atoms with van der Waals surface area (Å²) in [7, 11) is 0. The molecule has 1 aromatic carbocycles. The zero-order valence-corrected chi connectivity index (χ0v) is 14.6. The third kappa shape index (κ3) is 3.33. The van der Waals surface area contributed by atoms with Gasteiger partial charge in [0.15, 0.2) is 0 Å². The number of aliphatic carboxylic acids is 1. The van der Waals surface area contributed by atoms with E-state index in [2.05, 4.69) is 32.0 Å². The number of carbonyl (C=O) groups is 2. The van der Waals surface area contributed by atoms with Crippen molar-refractivity contribution in [3.63, 3.8) is 0 Å². The van der Waals surface area contributed by atoms with Crippen LogP contribution in [0.15, 0.2) is 24.3 Å². The second-order valence-corrected chi connectivity index (χ2v) is 7.53. The summed E-state index contributed by atoms with van der Waals surface area (Å²) >= 11 is 0. The van der Waals surface area contributed by atoms with Gasteiger partial charge >= 0.3 is 5.97 Å². The Labute approximate surface area is 143 Å². The third-order valence-corrected chi connectivity index (χ3v) is 5.86. The van der Waals surface area contributed by atoms with E-state index in [1.807, 2.05) is 11.0 Å². The topological polar surface area (TPSA) is 57.6 Å². The number of hydrogen-bond acceptors (Lipinski definition) is 2. The lowest BCUT2D eigenvalue weighted by atomic mass is 9.80. The highest BCUT2D eigenvalue weighted by atomic mass is 16.4. The summed E-state index contributed by atoms with van der Waals surface area (Å²) < 4.78 is 0. The smallest absolute Gasteiger partial charge is 0.306 e. The first kappa shape index (κ1) is 17.0. The monoisotopic (exact) mass is 329 g/mol. The fourth-order valence-electron chi connectivity index (χ4n) is 4.48. The van der Waals surface area contributed by atoms with Crippen LogP contribution in [0.1, 0.15) is 56.1 Å². The second kappa shape index (κ2) is 6.96. The number of benzene rings is 1. The van der Waals surface area contributed by atoms with Crippen molar-refractivity contribution in [1.82, 2.24) is 4.90 Å². The number of nitrogens with zero attached hydrogens (tertiary/aromatic N) is 1. The summed E-state index contributed by atoms with van der Waals surface area (Å²) in [5, 5.41) is 9.25. The molecule has 0 aromatic heterocycles. The number of rotatable bonds is 3. The molecule has 0 spiro atoms. The molecule has 1 saturated heterocycles. The Kier molecular flexibility index (Phi) is 4.93. The van der Waals surface area contributed by atoms with Crippen LogP contribution in [0.2, 0.25) is 0 Å². The molecule has 130 valence electrons. The van der Waals surface area contributed by atoms with Gasteiger partial charge in [-0.25, -0.2) is 0 Å². The largest absolute Gasteiger partial charge is 0.481 e. The maximum absolute atomic E-state index is 13.0. The highest BCUT2D eigenvalue weighted by Crippen LogP contribution is 2.37. The van der Waals surface area contributed by atoms with Gasteiger partial charge in [-0.1, -0.05) is 30.7 Å². The minimum atomic E-state index is -0.750. The van der Waals surface area contributed by atoms with E-state index in [0.29, 0.717) is 18.8 Å². The van der Waals surface area contributed by atoms with Crippen LogP contribution in [0, 0.1) is 18.8 Å². The molecular weight excluding hydrogens is 302 g/mol. The number of aryl methyl sites for hydroxylation is 1. The zero-order chi connectivity index (χ0) is 17.3. The molecular formula is C20H27NO3. The molecule has 1 amide bonds. The summed E-state index contributed by atoms with van der Waals surface area (Å²) in [6, 6.07) is 8.64. The Morgan fingerprint density at radius 1 is 1.12 bits per heavy atom. The predicted octanol–water partition coefficient (Wildman–Crippen LogP) is 3.59. The normalized spacial score (nSPS) is 30.3. The van der Waals surface area contributed by atoms with Crippen LogP contribution >= 0.6 is 0 Å². The lowest BCUT2D eigenvalue weighted by molar-refractivity contribution is -0.145. The van der Waals surface area contributed by atoms with E-state index in [4.69, 9.17) is 0 Å². The highest BCUT2D eigenvalue weighted by Gasteiger charge is 2.39. The van der Waals surface area contributed by atoms with Gasteiger partial charge in [-0.15, -0.1) is 0 Å². The maximum atomic E-state index is 13.0. The van der Waals surface area contributed by atoms with Crippen LogP contribution < -0.4 is 0 Å². The third-order valence-electron chi connectivity index (χ3n) is 5.86. The molecule has 3 rings (SSSR count). The molecule has 0 radical (unpaired) electrons. The van der Waals surface area contributed by atoms with Crippen molar-refractivity contribution in [2.75, 3.05) is 6.54 Å². The molecule has 1 saturated carbocycles. The van der Waals surface area contributed by atoms with E-state index in [1.54, 1.807) is 0 Å². The van der Waals surface area contributed by atoms with Gasteiger partial charge in [0.25, 0.3) is 0 Å². The highest BCUT2D eigenvalue weighted by molar-refractivity contribution is 5.81. The molecule has 4 unspecified atom stereocenters. The van der Waals surface area contributed by atoms with Crippen molar-refractivity contribution >= 4 is 11.9 Å². The van der Waals surface area contributed by atoms with Gasteiger partial charge in [0.1, 0.15) is 0 Å². The second-order valence-electron chi connectivity index (χ2n) is 7.53. The molecule has 4 atom stereocenters.